The summed E-state index contributed by atoms with van der Waals surface area (Å²) in [6.07, 6.45) is 0.730. The molecular weight excluding hydrogens is 480 g/mol. The van der Waals surface area contributed by atoms with E-state index in [9.17, 15) is 13.2 Å². The fraction of sp³-hybridized carbons (Fsp3) is 0.350. The molecule has 0 N–H and O–H groups in total. The van der Waals surface area contributed by atoms with Gasteiger partial charge in [0.2, 0.25) is 15.9 Å². The molecule has 0 aliphatic carbocycles. The Bertz CT molecular complexity index is 1040. The van der Waals surface area contributed by atoms with E-state index in [-0.39, 0.29) is 35.0 Å². The molecule has 0 aromatic heterocycles. The van der Waals surface area contributed by atoms with Crippen LogP contribution in [0, 0.1) is 0 Å². The number of amides is 1. The number of nitrogens with zero attached hydrogens (tertiary/aromatic N) is 2. The van der Waals surface area contributed by atoms with Gasteiger partial charge in [0.15, 0.2) is 0 Å². The Labute approximate surface area is 184 Å². The third-order valence-corrected chi connectivity index (χ3v) is 7.66. The maximum absolute atomic E-state index is 13.1. The molecule has 1 amide bonds. The summed E-state index contributed by atoms with van der Waals surface area (Å²) >= 11 is 9.54. The Morgan fingerprint density at radius 2 is 2.03 bits per heavy atom. The summed E-state index contributed by atoms with van der Waals surface area (Å²) < 4.78 is 33.4. The van der Waals surface area contributed by atoms with Crippen molar-refractivity contribution in [1.82, 2.24) is 4.31 Å². The first kappa shape index (κ1) is 22.1. The van der Waals surface area contributed by atoms with Crippen LogP contribution < -0.4 is 9.64 Å². The zero-order valence-electron chi connectivity index (χ0n) is 16.4. The van der Waals surface area contributed by atoms with Crippen LogP contribution in [0.1, 0.15) is 19.4 Å². The molecule has 0 saturated carbocycles. The van der Waals surface area contributed by atoms with Gasteiger partial charge in [-0.2, -0.15) is 4.31 Å². The lowest BCUT2D eigenvalue weighted by Gasteiger charge is -2.27. The number of anilines is 1. The summed E-state index contributed by atoms with van der Waals surface area (Å²) in [5, 5.41) is 0.198. The van der Waals surface area contributed by atoms with Gasteiger partial charge in [-0.1, -0.05) is 34.5 Å². The van der Waals surface area contributed by atoms with E-state index in [1.54, 1.807) is 11.8 Å². The number of likely N-dealkylation sites (N-methyl/N-ethyl adjacent to an activating group) is 1. The molecule has 0 bridgehead atoms. The lowest BCUT2D eigenvalue weighted by molar-refractivity contribution is -0.119. The number of fused-ring (bicyclic) bond motifs is 1. The van der Waals surface area contributed by atoms with Gasteiger partial charge in [-0.15, -0.1) is 0 Å². The highest BCUT2D eigenvalue weighted by Gasteiger charge is 2.34. The second kappa shape index (κ2) is 8.63. The Hall–Kier alpha value is -1.61. The third kappa shape index (κ3) is 4.30. The van der Waals surface area contributed by atoms with Gasteiger partial charge >= 0.3 is 0 Å². The lowest BCUT2D eigenvalue weighted by Crippen LogP contribution is -2.45. The van der Waals surface area contributed by atoms with Crippen LogP contribution in [-0.2, 0) is 21.2 Å². The molecule has 1 aliphatic rings. The second-order valence-corrected chi connectivity index (χ2v) is 10.1. The molecule has 0 radical (unpaired) electrons. The molecule has 6 nitrogen and oxygen atoms in total. The highest BCUT2D eigenvalue weighted by Crippen LogP contribution is 2.34. The zero-order valence-corrected chi connectivity index (χ0v) is 19.5. The van der Waals surface area contributed by atoms with E-state index in [2.05, 4.69) is 15.9 Å². The van der Waals surface area contributed by atoms with Gasteiger partial charge in [-0.05, 0) is 55.3 Å². The molecule has 1 heterocycles. The van der Waals surface area contributed by atoms with Crippen LogP contribution in [-0.4, -0.2) is 44.9 Å². The zero-order chi connectivity index (χ0) is 21.3. The smallest absolute Gasteiger partial charge is 0.243 e. The number of carbonyl (C=O) groups excluding carboxylic acids is 1. The highest BCUT2D eigenvalue weighted by atomic mass is 79.9. The van der Waals surface area contributed by atoms with Gasteiger partial charge in [-0.3, -0.25) is 4.79 Å². The summed E-state index contributed by atoms with van der Waals surface area (Å²) in [7, 11) is -2.43. The number of hydrogen-bond acceptors (Lipinski definition) is 4. The van der Waals surface area contributed by atoms with Crippen LogP contribution in [0.4, 0.5) is 5.69 Å². The van der Waals surface area contributed by atoms with E-state index in [4.69, 9.17) is 16.3 Å². The SMILES string of the molecule is CCN(CC(=O)N1c2ccc(Br)cc2C[C@H]1C)S(=O)(=O)c1ccc(OC)c(Cl)c1. The van der Waals surface area contributed by atoms with Crippen LogP contribution >= 0.6 is 27.5 Å². The Kier molecular flexibility index (Phi) is 6.57. The normalized spacial score (nSPS) is 16.2. The fourth-order valence-corrected chi connectivity index (χ4v) is 5.69. The average molecular weight is 502 g/mol. The Morgan fingerprint density at radius 3 is 2.66 bits per heavy atom. The summed E-state index contributed by atoms with van der Waals surface area (Å²) in [4.78, 5) is 14.8. The molecule has 2 aromatic carbocycles. The van der Waals surface area contributed by atoms with E-state index >= 15 is 0 Å². The van der Waals surface area contributed by atoms with Crippen molar-refractivity contribution in [1.29, 1.82) is 0 Å². The van der Waals surface area contributed by atoms with E-state index < -0.39 is 10.0 Å². The molecule has 156 valence electrons. The first-order chi connectivity index (χ1) is 13.7. The average Bonchev–Trinajstić information content (AvgIpc) is 3.00. The van der Waals surface area contributed by atoms with Gasteiger partial charge in [-0.25, -0.2) is 8.42 Å². The molecule has 0 saturated heterocycles. The monoisotopic (exact) mass is 500 g/mol. The largest absolute Gasteiger partial charge is 0.495 e. The molecule has 0 unspecified atom stereocenters. The van der Waals surface area contributed by atoms with Gasteiger partial charge in [0, 0.05) is 22.7 Å². The third-order valence-electron chi connectivity index (χ3n) is 4.95. The first-order valence-corrected chi connectivity index (χ1v) is 11.7. The number of halogens is 2. The minimum absolute atomic E-state index is 0.0248. The maximum atomic E-state index is 13.1. The van der Waals surface area contributed by atoms with Crippen molar-refractivity contribution in [2.24, 2.45) is 0 Å². The van der Waals surface area contributed by atoms with Crippen LogP contribution in [0.15, 0.2) is 45.8 Å². The number of carbonyl (C=O) groups is 1. The maximum Gasteiger partial charge on any atom is 0.243 e. The molecule has 0 fully saturated rings. The van der Waals surface area contributed by atoms with Gasteiger partial charge < -0.3 is 9.64 Å². The number of hydrogen-bond donors (Lipinski definition) is 0. The predicted octanol–water partition coefficient (Wildman–Crippen LogP) is 4.10. The van der Waals surface area contributed by atoms with Crippen LogP contribution in [0.25, 0.3) is 0 Å². The molecule has 1 aliphatic heterocycles. The van der Waals surface area contributed by atoms with Crippen molar-refractivity contribution in [3.63, 3.8) is 0 Å². The second-order valence-electron chi connectivity index (χ2n) is 6.82. The van der Waals surface area contributed by atoms with Crippen LogP contribution in [0.5, 0.6) is 5.75 Å². The topological polar surface area (TPSA) is 66.9 Å². The molecule has 9 heteroatoms. The fourth-order valence-electron chi connectivity index (χ4n) is 3.53. The molecule has 2 aromatic rings. The lowest BCUT2D eigenvalue weighted by atomic mass is 10.1. The van der Waals surface area contributed by atoms with Crippen molar-refractivity contribution in [2.45, 2.75) is 31.2 Å². The Morgan fingerprint density at radius 1 is 1.31 bits per heavy atom. The van der Waals surface area contributed by atoms with E-state index in [0.29, 0.717) is 5.75 Å². The first-order valence-electron chi connectivity index (χ1n) is 9.13. The molecule has 0 spiro atoms. The van der Waals surface area contributed by atoms with Crippen molar-refractivity contribution in [2.75, 3.05) is 25.1 Å². The summed E-state index contributed by atoms with van der Waals surface area (Å²) in [5.74, 6) is 0.127. The van der Waals surface area contributed by atoms with Gasteiger partial charge in [0.25, 0.3) is 0 Å². The van der Waals surface area contributed by atoms with E-state index in [1.807, 2.05) is 25.1 Å². The molecule has 29 heavy (non-hydrogen) atoms. The quantitative estimate of drug-likeness (QED) is 0.598. The van der Waals surface area contributed by atoms with Crippen molar-refractivity contribution < 1.29 is 17.9 Å². The van der Waals surface area contributed by atoms with E-state index in [0.717, 1.165) is 26.4 Å². The number of methoxy groups -OCH3 is 1. The number of rotatable bonds is 6. The number of sulfonamides is 1. The summed E-state index contributed by atoms with van der Waals surface area (Å²) in [5.41, 5.74) is 1.89. The number of ether oxygens (including phenoxy) is 1. The molecule has 3 rings (SSSR count). The molecular formula is C20H22BrClN2O4S. The van der Waals surface area contributed by atoms with Crippen molar-refractivity contribution in [3.8, 4) is 5.75 Å². The highest BCUT2D eigenvalue weighted by molar-refractivity contribution is 9.10. The summed E-state index contributed by atoms with van der Waals surface area (Å²) in [6.45, 7) is 3.57. The summed E-state index contributed by atoms with van der Waals surface area (Å²) in [6, 6.07) is 9.99. The van der Waals surface area contributed by atoms with Crippen LogP contribution in [0.2, 0.25) is 5.02 Å². The van der Waals surface area contributed by atoms with Crippen molar-refractivity contribution >= 4 is 49.1 Å². The van der Waals surface area contributed by atoms with Crippen molar-refractivity contribution in [3.05, 3.63) is 51.5 Å². The van der Waals surface area contributed by atoms with Crippen LogP contribution in [0.3, 0.4) is 0 Å². The standard InChI is InChI=1S/C20H22BrClN2O4S/c1-4-23(29(26,27)16-6-8-19(28-3)17(22)11-16)12-20(25)24-13(2)9-14-10-15(21)5-7-18(14)24/h5-8,10-11,13H,4,9,12H2,1-3H3/t13-/m1/s1. The minimum Gasteiger partial charge on any atom is -0.495 e. The van der Waals surface area contributed by atoms with Gasteiger partial charge in [0.05, 0.1) is 23.6 Å². The van der Waals surface area contributed by atoms with Gasteiger partial charge in [0.1, 0.15) is 5.75 Å². The predicted molar refractivity (Wildman–Crippen MR) is 117 cm³/mol. The molecule has 1 atom stereocenters. The number of benzene rings is 2. The van der Waals surface area contributed by atoms with E-state index in [1.165, 1.54) is 25.3 Å². The minimum atomic E-state index is -3.89. The Balaban J connectivity index is 1.86.